The summed E-state index contributed by atoms with van der Waals surface area (Å²) in [6.07, 6.45) is 7.65. The molecule has 3 heterocycles. The van der Waals surface area contributed by atoms with Crippen molar-refractivity contribution >= 4 is 5.97 Å². The number of piperidine rings is 1. The Morgan fingerprint density at radius 3 is 2.56 bits per heavy atom. The number of carboxylic acids is 1. The van der Waals surface area contributed by atoms with Gasteiger partial charge >= 0.3 is 5.97 Å². The monoisotopic (exact) mass is 531 g/mol. The van der Waals surface area contributed by atoms with Crippen LogP contribution < -0.4 is 0 Å². The van der Waals surface area contributed by atoms with Crippen molar-refractivity contribution in [3.63, 3.8) is 0 Å². The third-order valence-corrected chi connectivity index (χ3v) is 8.98. The van der Waals surface area contributed by atoms with Crippen LogP contribution in [0.25, 0.3) is 0 Å². The van der Waals surface area contributed by atoms with Gasteiger partial charge < -0.3 is 14.4 Å². The highest BCUT2D eigenvalue weighted by molar-refractivity contribution is 5.73. The molecule has 0 radical (unpaired) electrons. The van der Waals surface area contributed by atoms with Gasteiger partial charge in [-0.25, -0.2) is 9.37 Å². The summed E-state index contributed by atoms with van der Waals surface area (Å²) in [5, 5.41) is 10.0. The Labute approximate surface area is 229 Å². The zero-order valence-corrected chi connectivity index (χ0v) is 22.4. The van der Waals surface area contributed by atoms with Crippen molar-refractivity contribution in [1.82, 2.24) is 14.8 Å². The number of hydrogen-bond acceptors (Lipinski definition) is 5. The number of aliphatic carboxylic acids is 1. The van der Waals surface area contributed by atoms with Crippen molar-refractivity contribution in [1.29, 1.82) is 0 Å². The van der Waals surface area contributed by atoms with Crippen LogP contribution in [-0.4, -0.2) is 64.6 Å². The smallest absolute Gasteiger partial charge is 0.320 e. The number of aromatic nitrogens is 1. The van der Waals surface area contributed by atoms with Crippen LogP contribution in [-0.2, 0) is 11.2 Å². The number of rotatable bonds is 10. The van der Waals surface area contributed by atoms with Gasteiger partial charge in [0.2, 0.25) is 0 Å². The van der Waals surface area contributed by atoms with Crippen LogP contribution in [0.3, 0.4) is 0 Å². The van der Waals surface area contributed by atoms with Gasteiger partial charge in [-0.15, -0.1) is 0 Å². The van der Waals surface area contributed by atoms with Crippen LogP contribution in [0.5, 0.6) is 0 Å². The number of likely N-dealkylation sites (tertiary alicyclic amines) is 2. The molecule has 6 rings (SSSR count). The predicted octanol–water partition coefficient (Wildman–Crippen LogP) is 5.55. The first kappa shape index (κ1) is 26.2. The summed E-state index contributed by atoms with van der Waals surface area (Å²) in [5.41, 5.74) is 2.18. The van der Waals surface area contributed by atoms with Gasteiger partial charge in [0.05, 0.1) is 6.20 Å². The van der Waals surface area contributed by atoms with Crippen LogP contribution in [0.4, 0.5) is 4.39 Å². The molecule has 39 heavy (non-hydrogen) atoms. The summed E-state index contributed by atoms with van der Waals surface area (Å²) in [6, 6.07) is 16.7. The topological polar surface area (TPSA) is 69.8 Å². The molecule has 3 atom stereocenters. The van der Waals surface area contributed by atoms with Gasteiger partial charge in [-0.05, 0) is 67.4 Å². The Hall–Kier alpha value is -3.03. The van der Waals surface area contributed by atoms with E-state index in [-0.39, 0.29) is 17.7 Å². The molecule has 2 aliphatic heterocycles. The molecule has 1 saturated carbocycles. The zero-order valence-electron chi connectivity index (χ0n) is 22.4. The van der Waals surface area contributed by atoms with Gasteiger partial charge in [0, 0.05) is 37.9 Å². The average molecular weight is 532 g/mol. The highest BCUT2D eigenvalue weighted by Gasteiger charge is 2.42. The summed E-state index contributed by atoms with van der Waals surface area (Å²) in [7, 11) is 0. The Kier molecular flexibility index (Phi) is 7.80. The van der Waals surface area contributed by atoms with E-state index in [2.05, 4.69) is 26.9 Å². The number of carboxylic acid groups (broad SMARTS) is 1. The number of hydrogen-bond donors (Lipinski definition) is 1. The largest absolute Gasteiger partial charge is 0.480 e. The number of halogens is 1. The summed E-state index contributed by atoms with van der Waals surface area (Å²) < 4.78 is 20.3. The van der Waals surface area contributed by atoms with Gasteiger partial charge in [0.25, 0.3) is 0 Å². The first-order valence-electron chi connectivity index (χ1n) is 14.4. The second-order valence-electron chi connectivity index (χ2n) is 11.8. The van der Waals surface area contributed by atoms with Crippen molar-refractivity contribution < 1.29 is 18.7 Å². The second kappa shape index (κ2) is 11.6. The van der Waals surface area contributed by atoms with Crippen LogP contribution in [0.2, 0.25) is 0 Å². The quantitative estimate of drug-likeness (QED) is 0.370. The Balaban J connectivity index is 1.09. The van der Waals surface area contributed by atoms with E-state index < -0.39 is 12.0 Å². The third-order valence-electron chi connectivity index (χ3n) is 8.98. The third kappa shape index (κ3) is 6.42. The van der Waals surface area contributed by atoms with Gasteiger partial charge in [0.1, 0.15) is 17.6 Å². The molecule has 206 valence electrons. The van der Waals surface area contributed by atoms with Crippen molar-refractivity contribution in [2.24, 2.45) is 11.8 Å². The van der Waals surface area contributed by atoms with Crippen LogP contribution >= 0.6 is 0 Å². The lowest BCUT2D eigenvalue weighted by atomic mass is 9.87. The van der Waals surface area contributed by atoms with E-state index in [4.69, 9.17) is 4.42 Å². The van der Waals surface area contributed by atoms with Crippen LogP contribution in [0, 0.1) is 17.7 Å². The molecule has 1 aliphatic carbocycles. The minimum atomic E-state index is -0.722. The lowest BCUT2D eigenvalue weighted by molar-refractivity contribution is -0.143. The van der Waals surface area contributed by atoms with Gasteiger partial charge in [-0.3, -0.25) is 9.69 Å². The van der Waals surface area contributed by atoms with Crippen molar-refractivity contribution in [3.8, 4) is 0 Å². The molecule has 0 spiro atoms. The van der Waals surface area contributed by atoms with Gasteiger partial charge in [-0.2, -0.15) is 0 Å². The van der Waals surface area contributed by atoms with E-state index in [0.717, 1.165) is 75.5 Å². The summed E-state index contributed by atoms with van der Waals surface area (Å²) in [4.78, 5) is 21.4. The standard InChI is InChI=1S/C32H38FN3O3/c33-27-8-4-7-25(17-27)28-21-36(29(32(37)38)15-23-9-10-23)20-26(28)19-35-13-11-24(12-14-35)30-18-34-31(39-30)16-22-5-2-1-3-6-22/h1-8,17-18,23-24,26,28-29H,9-16,19-21H2,(H,37,38)/t26-,28+,29+/m0/s1. The first-order valence-corrected chi connectivity index (χ1v) is 14.4. The molecular weight excluding hydrogens is 493 g/mol. The first-order chi connectivity index (χ1) is 19.0. The van der Waals surface area contributed by atoms with Crippen molar-refractivity contribution in [2.45, 2.75) is 56.4 Å². The second-order valence-corrected chi connectivity index (χ2v) is 11.8. The van der Waals surface area contributed by atoms with E-state index in [9.17, 15) is 14.3 Å². The number of nitrogens with zero attached hydrogens (tertiary/aromatic N) is 3. The molecular formula is C32H38FN3O3. The van der Waals surface area contributed by atoms with E-state index in [0.29, 0.717) is 24.8 Å². The van der Waals surface area contributed by atoms with Crippen molar-refractivity contribution in [2.75, 3.05) is 32.7 Å². The average Bonchev–Trinajstić information content (AvgIpc) is 3.49. The maximum absolute atomic E-state index is 14.2. The highest BCUT2D eigenvalue weighted by atomic mass is 19.1. The maximum atomic E-state index is 14.2. The zero-order chi connectivity index (χ0) is 26.8. The highest BCUT2D eigenvalue weighted by Crippen LogP contribution is 2.40. The fraction of sp³-hybridized carbons (Fsp3) is 0.500. The molecule has 2 saturated heterocycles. The van der Waals surface area contributed by atoms with Crippen molar-refractivity contribution in [3.05, 3.63) is 89.4 Å². The van der Waals surface area contributed by atoms with Gasteiger partial charge in [0.15, 0.2) is 5.89 Å². The minimum Gasteiger partial charge on any atom is -0.480 e. The fourth-order valence-corrected chi connectivity index (χ4v) is 6.63. The molecule has 3 fully saturated rings. The molecule has 3 aromatic rings. The molecule has 3 aliphatic rings. The normalized spacial score (nSPS) is 23.7. The lowest BCUT2D eigenvalue weighted by Crippen LogP contribution is -2.41. The molecule has 0 bridgehead atoms. The summed E-state index contributed by atoms with van der Waals surface area (Å²) in [6.45, 7) is 4.26. The molecule has 0 unspecified atom stereocenters. The van der Waals surface area contributed by atoms with Crippen LogP contribution in [0.15, 0.2) is 65.2 Å². The predicted molar refractivity (Wildman–Crippen MR) is 147 cm³/mol. The molecule has 1 aromatic heterocycles. The Bertz CT molecular complexity index is 1250. The SMILES string of the molecule is O=C(O)[C@@H](CC1CC1)N1C[C@H](CN2CCC(c3cnc(Cc4ccccc4)o3)CC2)[C@@H](c2cccc(F)c2)C1. The molecule has 7 heteroatoms. The number of oxazole rings is 1. The maximum Gasteiger partial charge on any atom is 0.320 e. The Morgan fingerprint density at radius 1 is 1.05 bits per heavy atom. The Morgan fingerprint density at radius 2 is 1.85 bits per heavy atom. The van der Waals surface area contributed by atoms with E-state index >= 15 is 0 Å². The fourth-order valence-electron chi connectivity index (χ4n) is 6.63. The number of carbonyl (C=O) groups is 1. The molecule has 6 nitrogen and oxygen atoms in total. The molecule has 0 amide bonds. The van der Waals surface area contributed by atoms with E-state index in [1.165, 1.54) is 11.6 Å². The minimum absolute atomic E-state index is 0.134. The molecule has 2 aromatic carbocycles. The van der Waals surface area contributed by atoms with E-state index in [1.54, 1.807) is 12.1 Å². The number of benzene rings is 2. The van der Waals surface area contributed by atoms with E-state index in [1.807, 2.05) is 30.5 Å². The van der Waals surface area contributed by atoms with Crippen LogP contribution in [0.1, 0.15) is 66.7 Å². The molecule has 1 N–H and O–H groups in total. The lowest BCUT2D eigenvalue weighted by Gasteiger charge is -2.34. The summed E-state index contributed by atoms with van der Waals surface area (Å²) >= 11 is 0. The van der Waals surface area contributed by atoms with Gasteiger partial charge in [-0.1, -0.05) is 55.3 Å². The summed E-state index contributed by atoms with van der Waals surface area (Å²) in [5.74, 6) is 2.11.